The van der Waals surface area contributed by atoms with Gasteiger partial charge in [-0.1, -0.05) is 11.2 Å². The molecule has 1 aliphatic rings. The van der Waals surface area contributed by atoms with Gasteiger partial charge in [0.1, 0.15) is 5.76 Å². The number of aromatic nitrogens is 1. The normalized spacial score (nSPS) is 13.1. The zero-order chi connectivity index (χ0) is 18.4. The van der Waals surface area contributed by atoms with Gasteiger partial charge >= 0.3 is 0 Å². The molecule has 0 bridgehead atoms. The number of aryl methyl sites for hydroxylation is 2. The van der Waals surface area contributed by atoms with Crippen LogP contribution in [0.2, 0.25) is 0 Å². The Kier molecular flexibility index (Phi) is 5.99. The van der Waals surface area contributed by atoms with Crippen molar-refractivity contribution in [1.82, 2.24) is 15.8 Å². The van der Waals surface area contributed by atoms with Crippen LogP contribution in [0.4, 0.5) is 0 Å². The Morgan fingerprint density at radius 1 is 1.15 bits per heavy atom. The molecule has 0 saturated carbocycles. The Labute approximate surface area is 153 Å². The molecule has 0 atom stereocenters. The number of nitrogens with one attached hydrogen (secondary N) is 2. The third-order valence-corrected chi connectivity index (χ3v) is 4.30. The lowest BCUT2D eigenvalue weighted by molar-refractivity contribution is 0.174. The molecule has 140 valence electrons. The first kappa shape index (κ1) is 18.1. The van der Waals surface area contributed by atoms with Crippen LogP contribution >= 0.6 is 0 Å². The van der Waals surface area contributed by atoms with E-state index in [4.69, 9.17) is 14.0 Å². The molecule has 7 nitrogen and oxygen atoms in total. The van der Waals surface area contributed by atoms with Gasteiger partial charge < -0.3 is 24.6 Å². The van der Waals surface area contributed by atoms with E-state index in [2.05, 4.69) is 33.8 Å². The number of ether oxygens (including phenoxy) is 2. The van der Waals surface area contributed by atoms with Gasteiger partial charge in [0.2, 0.25) is 6.79 Å². The largest absolute Gasteiger partial charge is 0.454 e. The van der Waals surface area contributed by atoms with Crippen molar-refractivity contribution in [1.29, 1.82) is 0 Å². The van der Waals surface area contributed by atoms with Crippen LogP contribution in [0.1, 0.15) is 29.5 Å². The summed E-state index contributed by atoms with van der Waals surface area (Å²) in [6.45, 7) is 8.56. The highest BCUT2D eigenvalue weighted by Gasteiger charge is 2.13. The van der Waals surface area contributed by atoms with E-state index in [1.807, 2.05) is 26.0 Å². The van der Waals surface area contributed by atoms with Crippen LogP contribution in [0.3, 0.4) is 0 Å². The fourth-order valence-electron chi connectivity index (χ4n) is 2.90. The third kappa shape index (κ3) is 4.47. The number of hydrogen-bond donors (Lipinski definition) is 2. The first-order valence-corrected chi connectivity index (χ1v) is 9.00. The minimum Gasteiger partial charge on any atom is -0.454 e. The second-order valence-corrected chi connectivity index (χ2v) is 6.18. The number of fused-ring (bicyclic) bond motifs is 1. The fraction of sp³-hybridized carbons (Fsp3) is 0.474. The van der Waals surface area contributed by atoms with Crippen LogP contribution in [-0.4, -0.2) is 37.5 Å². The highest BCUT2D eigenvalue weighted by molar-refractivity contribution is 5.79. The molecule has 26 heavy (non-hydrogen) atoms. The molecule has 0 spiro atoms. The molecule has 1 aromatic carbocycles. The Hall–Kier alpha value is -2.70. The minimum atomic E-state index is 0.305. The highest BCUT2D eigenvalue weighted by Crippen LogP contribution is 2.32. The smallest absolute Gasteiger partial charge is 0.231 e. The highest BCUT2D eigenvalue weighted by atomic mass is 16.7. The summed E-state index contributed by atoms with van der Waals surface area (Å²) in [6.07, 6.45) is 1.70. The van der Waals surface area contributed by atoms with Crippen molar-refractivity contribution < 1.29 is 14.0 Å². The van der Waals surface area contributed by atoms with E-state index in [0.717, 1.165) is 60.4 Å². The Morgan fingerprint density at radius 3 is 2.77 bits per heavy atom. The van der Waals surface area contributed by atoms with Gasteiger partial charge in [0.15, 0.2) is 17.5 Å². The van der Waals surface area contributed by atoms with Crippen molar-refractivity contribution >= 4 is 5.96 Å². The predicted molar refractivity (Wildman–Crippen MR) is 99.9 cm³/mol. The predicted octanol–water partition coefficient (Wildman–Crippen LogP) is 2.36. The van der Waals surface area contributed by atoms with E-state index in [1.54, 1.807) is 0 Å². The monoisotopic (exact) mass is 358 g/mol. The molecule has 2 aromatic rings. The Bertz CT molecular complexity index is 751. The molecule has 2 heterocycles. The van der Waals surface area contributed by atoms with Crippen LogP contribution in [0, 0.1) is 13.8 Å². The molecule has 3 rings (SSSR count). The first-order valence-electron chi connectivity index (χ1n) is 9.00. The SMILES string of the molecule is CCNC(=NCCc1c(C)noc1C)NCCc1ccc2c(c1)OCO2. The molecular weight excluding hydrogens is 332 g/mol. The van der Waals surface area contributed by atoms with Gasteiger partial charge in [-0.2, -0.15) is 0 Å². The van der Waals surface area contributed by atoms with E-state index in [0.29, 0.717) is 13.3 Å². The zero-order valence-corrected chi connectivity index (χ0v) is 15.6. The van der Waals surface area contributed by atoms with E-state index in [9.17, 15) is 0 Å². The van der Waals surface area contributed by atoms with Crippen molar-refractivity contribution in [3.05, 3.63) is 40.8 Å². The summed E-state index contributed by atoms with van der Waals surface area (Å²) in [5, 5.41) is 10.6. The summed E-state index contributed by atoms with van der Waals surface area (Å²) in [4.78, 5) is 4.64. The minimum absolute atomic E-state index is 0.305. The average Bonchev–Trinajstić information content (AvgIpc) is 3.22. The molecule has 0 saturated heterocycles. The number of hydrogen-bond acceptors (Lipinski definition) is 5. The molecule has 0 radical (unpaired) electrons. The maximum atomic E-state index is 5.42. The van der Waals surface area contributed by atoms with Crippen LogP contribution in [-0.2, 0) is 12.8 Å². The lowest BCUT2D eigenvalue weighted by Crippen LogP contribution is -2.38. The van der Waals surface area contributed by atoms with Gasteiger partial charge in [0.05, 0.1) is 5.69 Å². The zero-order valence-electron chi connectivity index (χ0n) is 15.6. The summed E-state index contributed by atoms with van der Waals surface area (Å²) in [5.41, 5.74) is 3.29. The standard InChI is InChI=1S/C19H26N4O3/c1-4-20-19(22-10-8-16-13(2)23-26-14(16)3)21-9-7-15-5-6-17-18(11-15)25-12-24-17/h5-6,11H,4,7-10,12H2,1-3H3,(H2,20,21,22). The molecule has 1 aliphatic heterocycles. The maximum Gasteiger partial charge on any atom is 0.231 e. The molecule has 1 aromatic heterocycles. The summed E-state index contributed by atoms with van der Waals surface area (Å²) in [6, 6.07) is 6.06. The molecule has 0 amide bonds. The number of benzene rings is 1. The van der Waals surface area contributed by atoms with Crippen LogP contribution in [0.15, 0.2) is 27.7 Å². The van der Waals surface area contributed by atoms with Gasteiger partial charge in [-0.25, -0.2) is 0 Å². The van der Waals surface area contributed by atoms with E-state index < -0.39 is 0 Å². The van der Waals surface area contributed by atoms with Gasteiger partial charge in [-0.05, 0) is 51.3 Å². The molecule has 7 heteroatoms. The van der Waals surface area contributed by atoms with E-state index in [1.165, 1.54) is 5.56 Å². The topological polar surface area (TPSA) is 80.9 Å². The van der Waals surface area contributed by atoms with E-state index in [-0.39, 0.29) is 0 Å². The van der Waals surface area contributed by atoms with Crippen molar-refractivity contribution in [3.63, 3.8) is 0 Å². The van der Waals surface area contributed by atoms with Crippen molar-refractivity contribution in [2.24, 2.45) is 4.99 Å². The van der Waals surface area contributed by atoms with Crippen LogP contribution < -0.4 is 20.1 Å². The van der Waals surface area contributed by atoms with Gasteiger partial charge in [0, 0.05) is 25.2 Å². The lowest BCUT2D eigenvalue weighted by Gasteiger charge is -2.11. The van der Waals surface area contributed by atoms with Gasteiger partial charge in [-0.3, -0.25) is 4.99 Å². The third-order valence-electron chi connectivity index (χ3n) is 4.30. The maximum absolute atomic E-state index is 5.42. The Morgan fingerprint density at radius 2 is 2.00 bits per heavy atom. The summed E-state index contributed by atoms with van der Waals surface area (Å²) in [7, 11) is 0. The first-order chi connectivity index (χ1) is 12.7. The van der Waals surface area contributed by atoms with Gasteiger partial charge in [0.25, 0.3) is 0 Å². The van der Waals surface area contributed by atoms with Crippen molar-refractivity contribution in [2.75, 3.05) is 26.4 Å². The number of nitrogens with zero attached hydrogens (tertiary/aromatic N) is 2. The van der Waals surface area contributed by atoms with Crippen LogP contribution in [0.5, 0.6) is 11.5 Å². The van der Waals surface area contributed by atoms with Crippen LogP contribution in [0.25, 0.3) is 0 Å². The van der Waals surface area contributed by atoms with Crippen molar-refractivity contribution in [3.8, 4) is 11.5 Å². The van der Waals surface area contributed by atoms with Crippen molar-refractivity contribution in [2.45, 2.75) is 33.6 Å². The fourth-order valence-corrected chi connectivity index (χ4v) is 2.90. The Balaban J connectivity index is 1.50. The molecular formula is C19H26N4O3. The summed E-state index contributed by atoms with van der Waals surface area (Å²) in [5.74, 6) is 3.33. The second-order valence-electron chi connectivity index (χ2n) is 6.18. The summed E-state index contributed by atoms with van der Waals surface area (Å²) >= 11 is 0. The van der Waals surface area contributed by atoms with E-state index >= 15 is 0 Å². The molecule has 0 unspecified atom stereocenters. The quantitative estimate of drug-likeness (QED) is 0.584. The second kappa shape index (κ2) is 8.60. The average molecular weight is 358 g/mol. The number of rotatable bonds is 7. The molecule has 2 N–H and O–H groups in total. The summed E-state index contributed by atoms with van der Waals surface area (Å²) < 4.78 is 16.0. The number of guanidine groups is 1. The number of aliphatic imine (C=N–C) groups is 1. The molecule has 0 fully saturated rings. The molecule has 0 aliphatic carbocycles. The lowest BCUT2D eigenvalue weighted by atomic mass is 10.1. The van der Waals surface area contributed by atoms with Gasteiger partial charge in [-0.15, -0.1) is 0 Å².